The molecular formula is C34H35N5O2. The number of carbonyl (C=O) groups is 1. The maximum Gasteiger partial charge on any atom is 0.284 e. The summed E-state index contributed by atoms with van der Waals surface area (Å²) in [5, 5.41) is 11.6. The van der Waals surface area contributed by atoms with E-state index >= 15 is 0 Å². The highest BCUT2D eigenvalue weighted by Gasteiger charge is 2.19. The number of nitriles is 1. The summed E-state index contributed by atoms with van der Waals surface area (Å²) in [6.45, 7) is 7.30. The Balaban J connectivity index is 1.05. The van der Waals surface area contributed by atoms with Crippen molar-refractivity contribution in [2.75, 3.05) is 37.6 Å². The largest absolute Gasteiger partial charge is 0.451 e. The van der Waals surface area contributed by atoms with Crippen LogP contribution in [0, 0.1) is 11.3 Å². The van der Waals surface area contributed by atoms with E-state index in [2.05, 4.69) is 82.1 Å². The van der Waals surface area contributed by atoms with Crippen molar-refractivity contribution in [1.82, 2.24) is 9.47 Å². The summed E-state index contributed by atoms with van der Waals surface area (Å²) in [5.74, 6) is -0.349. The Labute approximate surface area is 240 Å². The van der Waals surface area contributed by atoms with Crippen LogP contribution in [0.1, 0.15) is 53.1 Å². The molecule has 7 nitrogen and oxygen atoms in total. The van der Waals surface area contributed by atoms with Crippen molar-refractivity contribution in [2.45, 2.75) is 32.2 Å². The van der Waals surface area contributed by atoms with Crippen molar-refractivity contribution < 1.29 is 9.21 Å². The van der Waals surface area contributed by atoms with E-state index in [9.17, 15) is 10.1 Å². The number of furan rings is 1. The molecule has 208 valence electrons. The Kier molecular flexibility index (Phi) is 7.49. The highest BCUT2D eigenvalue weighted by Crippen LogP contribution is 2.30. The third kappa shape index (κ3) is 5.57. The first-order valence-corrected chi connectivity index (χ1v) is 14.4. The number of carbonyl (C=O) groups excluding carboxylic acids is 1. The Morgan fingerprint density at radius 2 is 1.80 bits per heavy atom. The second-order valence-electron chi connectivity index (χ2n) is 11.0. The number of aryl methyl sites for hydroxylation is 1. The van der Waals surface area contributed by atoms with Gasteiger partial charge in [-0.2, -0.15) is 5.26 Å². The van der Waals surface area contributed by atoms with Gasteiger partial charge in [-0.25, -0.2) is 0 Å². The lowest BCUT2D eigenvalue weighted by molar-refractivity contribution is 0.0976. The summed E-state index contributed by atoms with van der Waals surface area (Å²) in [6.07, 6.45) is 5.54. The van der Waals surface area contributed by atoms with Gasteiger partial charge in [-0.3, -0.25) is 9.69 Å². The van der Waals surface area contributed by atoms with Crippen LogP contribution in [0.2, 0.25) is 0 Å². The van der Waals surface area contributed by atoms with E-state index in [1.54, 1.807) is 6.07 Å². The maximum absolute atomic E-state index is 11.4. The summed E-state index contributed by atoms with van der Waals surface area (Å²) in [6, 6.07) is 26.9. The van der Waals surface area contributed by atoms with Crippen LogP contribution in [0.25, 0.3) is 21.9 Å². The normalized spacial score (nSPS) is 14.9. The molecule has 7 heteroatoms. The number of amides is 1. The minimum Gasteiger partial charge on any atom is -0.451 e. The van der Waals surface area contributed by atoms with Crippen molar-refractivity contribution in [1.29, 1.82) is 5.26 Å². The predicted octanol–water partition coefficient (Wildman–Crippen LogP) is 6.11. The fraction of sp³-hybridized carbons (Fsp3) is 0.294. The molecule has 1 saturated heterocycles. The van der Waals surface area contributed by atoms with E-state index in [-0.39, 0.29) is 11.8 Å². The Bertz CT molecular complexity index is 1720. The Hall–Kier alpha value is -4.54. The minimum atomic E-state index is -0.546. The number of hydrogen-bond acceptors (Lipinski definition) is 5. The Morgan fingerprint density at radius 1 is 1.00 bits per heavy atom. The van der Waals surface area contributed by atoms with Crippen molar-refractivity contribution >= 4 is 33.5 Å². The zero-order valence-electron chi connectivity index (χ0n) is 23.4. The first kappa shape index (κ1) is 26.7. The number of fused-ring (bicyclic) bond motifs is 2. The van der Waals surface area contributed by atoms with E-state index in [4.69, 9.17) is 10.2 Å². The number of aromatic nitrogens is 1. The fourth-order valence-electron chi connectivity index (χ4n) is 6.04. The molecule has 5 aromatic rings. The van der Waals surface area contributed by atoms with Gasteiger partial charge in [-0.1, -0.05) is 30.3 Å². The third-order valence-corrected chi connectivity index (χ3v) is 8.39. The third-order valence-electron chi connectivity index (χ3n) is 8.39. The predicted molar refractivity (Wildman–Crippen MR) is 163 cm³/mol. The van der Waals surface area contributed by atoms with E-state index < -0.39 is 5.91 Å². The summed E-state index contributed by atoms with van der Waals surface area (Å²) in [5.41, 5.74) is 11.7. The van der Waals surface area contributed by atoms with Crippen LogP contribution in [0.15, 0.2) is 83.4 Å². The van der Waals surface area contributed by atoms with Gasteiger partial charge in [-0.05, 0) is 86.3 Å². The van der Waals surface area contributed by atoms with Crippen molar-refractivity contribution in [3.05, 3.63) is 101 Å². The Morgan fingerprint density at radius 3 is 2.56 bits per heavy atom. The molecule has 0 aliphatic carbocycles. The van der Waals surface area contributed by atoms with Crippen LogP contribution in [0.4, 0.5) is 5.69 Å². The van der Waals surface area contributed by atoms with Crippen LogP contribution in [-0.2, 0) is 6.42 Å². The molecule has 0 bridgehead atoms. The number of anilines is 1. The zero-order chi connectivity index (χ0) is 28.3. The molecule has 2 N–H and O–H groups in total. The molecule has 1 fully saturated rings. The molecular weight excluding hydrogens is 510 g/mol. The number of benzene rings is 3. The molecule has 6 rings (SSSR count). The molecule has 3 heterocycles. The molecule has 1 atom stereocenters. The monoisotopic (exact) mass is 545 g/mol. The van der Waals surface area contributed by atoms with Crippen LogP contribution in [0.5, 0.6) is 0 Å². The van der Waals surface area contributed by atoms with Crippen LogP contribution in [0.3, 0.4) is 0 Å². The average Bonchev–Trinajstić information content (AvgIpc) is 3.61. The number of unbranched alkanes of at least 4 members (excludes halogenated alkanes) is 1. The quantitative estimate of drug-likeness (QED) is 0.226. The van der Waals surface area contributed by atoms with Crippen LogP contribution in [-0.4, -0.2) is 48.1 Å². The van der Waals surface area contributed by atoms with Gasteiger partial charge >= 0.3 is 0 Å². The summed E-state index contributed by atoms with van der Waals surface area (Å²) < 4.78 is 7.88. The van der Waals surface area contributed by atoms with Crippen LogP contribution >= 0.6 is 0 Å². The lowest BCUT2D eigenvalue weighted by Crippen LogP contribution is -2.46. The first-order chi connectivity index (χ1) is 20.0. The lowest BCUT2D eigenvalue weighted by atomic mass is 10.0. The number of nitrogens with zero attached hydrogens (tertiary/aromatic N) is 4. The topological polar surface area (TPSA) is 91.4 Å². The molecule has 1 unspecified atom stereocenters. The molecule has 3 aromatic carbocycles. The van der Waals surface area contributed by atoms with Crippen molar-refractivity contribution in [2.24, 2.45) is 5.73 Å². The van der Waals surface area contributed by atoms with Gasteiger partial charge in [0.05, 0.1) is 17.7 Å². The second-order valence-corrected chi connectivity index (χ2v) is 11.0. The minimum absolute atomic E-state index is 0.197. The van der Waals surface area contributed by atoms with E-state index in [1.807, 2.05) is 18.2 Å². The number of piperazine rings is 1. The summed E-state index contributed by atoms with van der Waals surface area (Å²) >= 11 is 0. The molecule has 0 spiro atoms. The number of hydrogen-bond donors (Lipinski definition) is 1. The lowest BCUT2D eigenvalue weighted by Gasteiger charge is -2.36. The van der Waals surface area contributed by atoms with E-state index in [0.717, 1.165) is 63.1 Å². The number of primary amides is 1. The average molecular weight is 546 g/mol. The second kappa shape index (κ2) is 11.5. The summed E-state index contributed by atoms with van der Waals surface area (Å²) in [4.78, 5) is 16.4. The molecule has 1 aliphatic heterocycles. The van der Waals surface area contributed by atoms with Gasteiger partial charge < -0.3 is 19.6 Å². The van der Waals surface area contributed by atoms with Gasteiger partial charge in [0.15, 0.2) is 5.76 Å². The van der Waals surface area contributed by atoms with Gasteiger partial charge in [0.1, 0.15) is 5.58 Å². The van der Waals surface area contributed by atoms with Gasteiger partial charge in [0, 0.05) is 54.4 Å². The molecule has 0 radical (unpaired) electrons. The SMILES string of the molecule is CC(c1ccccc1)n1cc(CCCCN2CCN(c3ccc4oc(C(N)=O)cc4c3)CC2)c2cc(C#N)ccc21. The van der Waals surface area contributed by atoms with Gasteiger partial charge in [0.2, 0.25) is 0 Å². The first-order valence-electron chi connectivity index (χ1n) is 14.4. The fourth-order valence-corrected chi connectivity index (χ4v) is 6.04. The molecule has 1 amide bonds. The standard InChI is InChI=1S/C34H35N5O2/c1-24(26-7-3-2-4-8-26)39-23-27(30-19-25(22-35)10-12-31(30)39)9-5-6-14-37-15-17-38(18-16-37)29-11-13-32-28(20-29)21-33(41-32)34(36)40/h2-4,7-8,10-13,19-21,23-24H,5-6,9,14-18H2,1H3,(H2,36,40). The van der Waals surface area contributed by atoms with E-state index in [0.29, 0.717) is 11.1 Å². The highest BCUT2D eigenvalue weighted by atomic mass is 16.3. The number of nitrogens with two attached hydrogens (primary N) is 1. The van der Waals surface area contributed by atoms with Gasteiger partial charge in [-0.15, -0.1) is 0 Å². The van der Waals surface area contributed by atoms with Crippen LogP contribution < -0.4 is 10.6 Å². The molecule has 2 aromatic heterocycles. The highest BCUT2D eigenvalue weighted by molar-refractivity contribution is 5.95. The maximum atomic E-state index is 11.4. The van der Waals surface area contributed by atoms with E-state index in [1.165, 1.54) is 22.0 Å². The van der Waals surface area contributed by atoms with Crippen molar-refractivity contribution in [3.8, 4) is 6.07 Å². The molecule has 0 saturated carbocycles. The molecule has 41 heavy (non-hydrogen) atoms. The smallest absolute Gasteiger partial charge is 0.284 e. The number of rotatable bonds is 9. The zero-order valence-corrected chi connectivity index (χ0v) is 23.4. The van der Waals surface area contributed by atoms with Crippen molar-refractivity contribution in [3.63, 3.8) is 0 Å². The van der Waals surface area contributed by atoms with Gasteiger partial charge in [0.25, 0.3) is 5.91 Å². The summed E-state index contributed by atoms with van der Waals surface area (Å²) in [7, 11) is 0. The molecule has 1 aliphatic rings.